The van der Waals surface area contributed by atoms with Crippen LogP contribution in [-0.4, -0.2) is 47.6 Å². The standard InChI is InChI=1S/C27H31N5O/c1-5-33-24-13-11-23(12-14-24)32-20(3)25-19(2)28-29-27(26(25)21(32)4)31-17-15-30(16-18-31)22-9-7-6-8-10-22/h6-14H,5,15-18H2,1-4H3. The molecule has 1 aliphatic rings. The molecule has 0 atom stereocenters. The van der Waals surface area contributed by atoms with E-state index in [1.54, 1.807) is 0 Å². The first-order valence-corrected chi connectivity index (χ1v) is 11.7. The van der Waals surface area contributed by atoms with Gasteiger partial charge in [-0.2, -0.15) is 5.10 Å². The van der Waals surface area contributed by atoms with Crippen molar-refractivity contribution in [3.8, 4) is 11.4 Å². The van der Waals surface area contributed by atoms with E-state index in [0.29, 0.717) is 6.61 Å². The number of hydrogen-bond acceptors (Lipinski definition) is 5. The van der Waals surface area contributed by atoms with E-state index in [9.17, 15) is 0 Å². The van der Waals surface area contributed by atoms with Gasteiger partial charge in [-0.3, -0.25) is 0 Å². The topological polar surface area (TPSA) is 46.4 Å². The van der Waals surface area contributed by atoms with E-state index in [-0.39, 0.29) is 0 Å². The van der Waals surface area contributed by atoms with E-state index >= 15 is 0 Å². The molecule has 0 saturated carbocycles. The van der Waals surface area contributed by atoms with Crippen molar-refractivity contribution >= 4 is 22.3 Å². The van der Waals surface area contributed by atoms with Gasteiger partial charge in [-0.15, -0.1) is 5.10 Å². The number of anilines is 2. The van der Waals surface area contributed by atoms with E-state index in [1.165, 1.54) is 27.8 Å². The van der Waals surface area contributed by atoms with Crippen LogP contribution in [0, 0.1) is 20.8 Å². The van der Waals surface area contributed by atoms with Crippen molar-refractivity contribution < 1.29 is 4.74 Å². The highest BCUT2D eigenvalue weighted by Crippen LogP contribution is 2.36. The summed E-state index contributed by atoms with van der Waals surface area (Å²) in [5, 5.41) is 11.7. The van der Waals surface area contributed by atoms with Crippen LogP contribution in [0.4, 0.5) is 11.5 Å². The Bertz CT molecular complexity index is 1260. The normalized spacial score (nSPS) is 14.2. The molecule has 0 N–H and O–H groups in total. The summed E-state index contributed by atoms with van der Waals surface area (Å²) < 4.78 is 7.95. The molecule has 5 rings (SSSR count). The Hall–Kier alpha value is -3.54. The summed E-state index contributed by atoms with van der Waals surface area (Å²) in [5.74, 6) is 1.89. The molecule has 0 spiro atoms. The molecule has 2 aromatic heterocycles. The molecule has 0 bridgehead atoms. The third-order valence-electron chi connectivity index (χ3n) is 6.63. The van der Waals surface area contributed by atoms with Gasteiger partial charge in [0.25, 0.3) is 0 Å². The Labute approximate surface area is 195 Å². The van der Waals surface area contributed by atoms with Gasteiger partial charge in [0, 0.05) is 59.7 Å². The maximum absolute atomic E-state index is 5.63. The highest BCUT2D eigenvalue weighted by molar-refractivity contribution is 5.98. The zero-order chi connectivity index (χ0) is 22.9. The molecule has 4 aromatic rings. The largest absolute Gasteiger partial charge is 0.494 e. The lowest BCUT2D eigenvalue weighted by Gasteiger charge is -2.36. The highest BCUT2D eigenvalue weighted by atomic mass is 16.5. The van der Waals surface area contributed by atoms with Gasteiger partial charge in [-0.1, -0.05) is 18.2 Å². The minimum atomic E-state index is 0.669. The van der Waals surface area contributed by atoms with E-state index < -0.39 is 0 Å². The van der Waals surface area contributed by atoms with Gasteiger partial charge in [0.1, 0.15) is 5.75 Å². The van der Waals surface area contributed by atoms with Gasteiger partial charge in [0.15, 0.2) is 5.82 Å². The van der Waals surface area contributed by atoms with Crippen molar-refractivity contribution in [2.24, 2.45) is 0 Å². The fraction of sp³-hybridized carbons (Fsp3) is 0.333. The maximum Gasteiger partial charge on any atom is 0.161 e. The first kappa shape index (κ1) is 21.3. The molecule has 3 heterocycles. The third-order valence-corrected chi connectivity index (χ3v) is 6.63. The van der Waals surface area contributed by atoms with Crippen LogP contribution in [0.2, 0.25) is 0 Å². The fourth-order valence-corrected chi connectivity index (χ4v) is 5.06. The van der Waals surface area contributed by atoms with Crippen molar-refractivity contribution in [1.82, 2.24) is 14.8 Å². The van der Waals surface area contributed by atoms with Crippen molar-refractivity contribution in [1.29, 1.82) is 0 Å². The first-order valence-electron chi connectivity index (χ1n) is 11.7. The van der Waals surface area contributed by atoms with Gasteiger partial charge < -0.3 is 19.1 Å². The van der Waals surface area contributed by atoms with Crippen LogP contribution in [0.15, 0.2) is 54.6 Å². The monoisotopic (exact) mass is 441 g/mol. The van der Waals surface area contributed by atoms with E-state index in [0.717, 1.165) is 49.1 Å². The number of para-hydroxylation sites is 1. The van der Waals surface area contributed by atoms with Crippen molar-refractivity contribution in [2.45, 2.75) is 27.7 Å². The van der Waals surface area contributed by atoms with Crippen LogP contribution in [0.5, 0.6) is 5.75 Å². The molecule has 170 valence electrons. The zero-order valence-corrected chi connectivity index (χ0v) is 19.9. The number of rotatable bonds is 5. The van der Waals surface area contributed by atoms with Gasteiger partial charge in [0.2, 0.25) is 0 Å². The Kier molecular flexibility index (Phi) is 5.67. The second kappa shape index (κ2) is 8.77. The number of aromatic nitrogens is 3. The number of ether oxygens (including phenoxy) is 1. The van der Waals surface area contributed by atoms with Crippen LogP contribution < -0.4 is 14.5 Å². The molecular weight excluding hydrogens is 410 g/mol. The summed E-state index contributed by atoms with van der Waals surface area (Å²) in [6, 6.07) is 19.0. The number of benzene rings is 2. The van der Waals surface area contributed by atoms with Crippen LogP contribution in [-0.2, 0) is 0 Å². The van der Waals surface area contributed by atoms with E-state index in [1.807, 2.05) is 19.1 Å². The number of nitrogens with zero attached hydrogens (tertiary/aromatic N) is 5. The molecular formula is C27H31N5O. The minimum absolute atomic E-state index is 0.669. The molecule has 6 nitrogen and oxygen atoms in total. The van der Waals surface area contributed by atoms with Crippen LogP contribution in [0.3, 0.4) is 0 Å². The minimum Gasteiger partial charge on any atom is -0.494 e. The lowest BCUT2D eigenvalue weighted by atomic mass is 10.1. The summed E-state index contributed by atoms with van der Waals surface area (Å²) >= 11 is 0. The Morgan fingerprint density at radius 3 is 2.03 bits per heavy atom. The highest BCUT2D eigenvalue weighted by Gasteiger charge is 2.25. The average molecular weight is 442 g/mol. The molecule has 6 heteroatoms. The van der Waals surface area contributed by atoms with Gasteiger partial charge in [-0.05, 0) is 64.1 Å². The van der Waals surface area contributed by atoms with E-state index in [2.05, 4.69) is 82.7 Å². The molecule has 2 aromatic carbocycles. The van der Waals surface area contributed by atoms with Gasteiger partial charge in [0.05, 0.1) is 12.3 Å². The molecule has 0 unspecified atom stereocenters. The molecule has 1 saturated heterocycles. The molecule has 1 fully saturated rings. The lowest BCUT2D eigenvalue weighted by Crippen LogP contribution is -2.47. The molecule has 0 amide bonds. The summed E-state index contributed by atoms with van der Waals surface area (Å²) in [4.78, 5) is 4.84. The number of aryl methyl sites for hydroxylation is 3. The predicted octanol–water partition coefficient (Wildman–Crippen LogP) is 5.07. The quantitative estimate of drug-likeness (QED) is 0.433. The van der Waals surface area contributed by atoms with Crippen LogP contribution in [0.1, 0.15) is 24.0 Å². The maximum atomic E-state index is 5.63. The zero-order valence-electron chi connectivity index (χ0n) is 19.9. The average Bonchev–Trinajstić information content (AvgIpc) is 3.12. The third kappa shape index (κ3) is 3.80. The van der Waals surface area contributed by atoms with Crippen LogP contribution >= 0.6 is 0 Å². The van der Waals surface area contributed by atoms with Crippen molar-refractivity contribution in [3.05, 3.63) is 71.7 Å². The SMILES string of the molecule is CCOc1ccc(-n2c(C)c3c(C)nnc(N4CCN(c5ccccc5)CC4)c3c2C)cc1. The lowest BCUT2D eigenvalue weighted by molar-refractivity contribution is 0.340. The van der Waals surface area contributed by atoms with E-state index in [4.69, 9.17) is 9.84 Å². The predicted molar refractivity (Wildman–Crippen MR) is 135 cm³/mol. The number of piperazine rings is 1. The second-order valence-corrected chi connectivity index (χ2v) is 8.60. The summed E-state index contributed by atoms with van der Waals surface area (Å²) in [7, 11) is 0. The molecule has 33 heavy (non-hydrogen) atoms. The second-order valence-electron chi connectivity index (χ2n) is 8.60. The Morgan fingerprint density at radius 1 is 0.727 bits per heavy atom. The first-order chi connectivity index (χ1) is 16.1. The van der Waals surface area contributed by atoms with Crippen molar-refractivity contribution in [3.63, 3.8) is 0 Å². The Balaban J connectivity index is 1.51. The number of fused-ring (bicyclic) bond motifs is 1. The molecule has 0 radical (unpaired) electrons. The van der Waals surface area contributed by atoms with Crippen LogP contribution in [0.25, 0.3) is 16.5 Å². The molecule has 1 aliphatic heterocycles. The Morgan fingerprint density at radius 2 is 1.36 bits per heavy atom. The summed E-state index contributed by atoms with van der Waals surface area (Å²) in [5.41, 5.74) is 5.78. The van der Waals surface area contributed by atoms with Gasteiger partial charge in [-0.25, -0.2) is 0 Å². The van der Waals surface area contributed by atoms with Crippen molar-refractivity contribution in [2.75, 3.05) is 42.6 Å². The smallest absolute Gasteiger partial charge is 0.161 e. The summed E-state index contributed by atoms with van der Waals surface area (Å²) in [6.45, 7) is 12.9. The molecule has 0 aliphatic carbocycles. The fourth-order valence-electron chi connectivity index (χ4n) is 5.06. The number of hydrogen-bond donors (Lipinski definition) is 0. The summed E-state index contributed by atoms with van der Waals surface area (Å²) in [6.07, 6.45) is 0. The van der Waals surface area contributed by atoms with Gasteiger partial charge >= 0.3 is 0 Å².